The number of methoxy groups -OCH3 is 1. The second kappa shape index (κ2) is 8.32. The van der Waals surface area contributed by atoms with E-state index in [0.717, 1.165) is 34.1 Å². The molecule has 1 amide bonds. The average Bonchev–Trinajstić information content (AvgIpc) is 3.68. The number of rotatable bonds is 5. The Labute approximate surface area is 202 Å². The van der Waals surface area contributed by atoms with Crippen molar-refractivity contribution in [3.8, 4) is 28.5 Å². The van der Waals surface area contributed by atoms with Gasteiger partial charge in [0.25, 0.3) is 5.91 Å². The first-order chi connectivity index (χ1) is 17.1. The molecule has 8 nitrogen and oxygen atoms in total. The quantitative estimate of drug-likeness (QED) is 0.415. The average molecular weight is 465 g/mol. The van der Waals surface area contributed by atoms with Gasteiger partial charge in [-0.1, -0.05) is 29.8 Å². The lowest BCUT2D eigenvalue weighted by molar-refractivity contribution is 0.0743. The van der Waals surface area contributed by atoms with Gasteiger partial charge in [0.15, 0.2) is 0 Å². The predicted molar refractivity (Wildman–Crippen MR) is 132 cm³/mol. The molecule has 6 rings (SSSR count). The number of H-pyrrole nitrogens is 1. The number of carbonyl (C=O) groups excluding carboxylic acids is 1. The Balaban J connectivity index is 1.30. The van der Waals surface area contributed by atoms with Gasteiger partial charge in [0.2, 0.25) is 0 Å². The molecular formula is C27H24N6O2. The summed E-state index contributed by atoms with van der Waals surface area (Å²) in [7, 11) is 1.63. The molecule has 0 radical (unpaired) electrons. The van der Waals surface area contributed by atoms with E-state index in [9.17, 15) is 4.79 Å². The van der Waals surface area contributed by atoms with Crippen LogP contribution in [0.3, 0.4) is 0 Å². The van der Waals surface area contributed by atoms with Crippen LogP contribution in [-0.2, 0) is 13.1 Å². The van der Waals surface area contributed by atoms with E-state index in [-0.39, 0.29) is 5.91 Å². The van der Waals surface area contributed by atoms with E-state index in [2.05, 4.69) is 46.0 Å². The summed E-state index contributed by atoms with van der Waals surface area (Å²) < 4.78 is 9.32. The van der Waals surface area contributed by atoms with Gasteiger partial charge < -0.3 is 14.2 Å². The number of aromatic amines is 1. The van der Waals surface area contributed by atoms with Crippen LogP contribution in [0.1, 0.15) is 27.3 Å². The molecule has 0 spiro atoms. The lowest BCUT2D eigenvalue weighted by Gasteiger charge is -2.16. The topological polar surface area (TPSA) is 81.0 Å². The summed E-state index contributed by atoms with van der Waals surface area (Å²) in [5.41, 5.74) is 6.15. The number of hydrogen-bond acceptors (Lipinski definition) is 4. The molecule has 0 saturated carbocycles. The number of carbonyl (C=O) groups is 1. The Morgan fingerprint density at radius 3 is 2.57 bits per heavy atom. The van der Waals surface area contributed by atoms with Gasteiger partial charge in [-0.15, -0.1) is 0 Å². The van der Waals surface area contributed by atoms with Crippen molar-refractivity contribution in [1.82, 2.24) is 29.4 Å². The first kappa shape index (κ1) is 21.0. The summed E-state index contributed by atoms with van der Waals surface area (Å²) in [4.78, 5) is 15.2. The molecule has 0 saturated heterocycles. The van der Waals surface area contributed by atoms with E-state index < -0.39 is 0 Å². The molecule has 1 aliphatic rings. The van der Waals surface area contributed by atoms with Crippen molar-refractivity contribution in [3.05, 3.63) is 102 Å². The van der Waals surface area contributed by atoms with Crippen LogP contribution in [0.4, 0.5) is 0 Å². The molecule has 0 atom stereocenters. The molecule has 174 valence electrons. The molecule has 0 bridgehead atoms. The van der Waals surface area contributed by atoms with E-state index in [1.54, 1.807) is 18.1 Å². The fourth-order valence-electron chi connectivity index (χ4n) is 4.48. The molecule has 3 aromatic heterocycles. The minimum atomic E-state index is -0.106. The zero-order valence-corrected chi connectivity index (χ0v) is 19.5. The van der Waals surface area contributed by atoms with E-state index in [1.165, 1.54) is 5.56 Å². The van der Waals surface area contributed by atoms with Crippen LogP contribution in [-0.4, -0.2) is 42.5 Å². The molecule has 0 fully saturated rings. The van der Waals surface area contributed by atoms with Crippen LogP contribution in [0.5, 0.6) is 5.75 Å². The minimum Gasteiger partial charge on any atom is -0.497 e. The zero-order valence-electron chi connectivity index (χ0n) is 19.5. The molecule has 2 aromatic carbocycles. The Bertz CT molecular complexity index is 1510. The number of ether oxygens (including phenoxy) is 1. The van der Waals surface area contributed by atoms with Gasteiger partial charge >= 0.3 is 0 Å². The monoisotopic (exact) mass is 464 g/mol. The van der Waals surface area contributed by atoms with E-state index in [0.29, 0.717) is 24.5 Å². The summed E-state index contributed by atoms with van der Waals surface area (Å²) in [5.74, 6) is 1.59. The molecular weight excluding hydrogens is 440 g/mol. The fraction of sp³-hybridized carbons (Fsp3) is 0.148. The van der Waals surface area contributed by atoms with Crippen molar-refractivity contribution < 1.29 is 9.53 Å². The summed E-state index contributed by atoms with van der Waals surface area (Å²) in [6.45, 7) is 2.98. The number of nitrogens with zero attached hydrogens (tertiary/aromatic N) is 5. The summed E-state index contributed by atoms with van der Waals surface area (Å²) >= 11 is 0. The highest BCUT2D eigenvalue weighted by atomic mass is 16.5. The maximum Gasteiger partial charge on any atom is 0.272 e. The van der Waals surface area contributed by atoms with Crippen molar-refractivity contribution in [2.24, 2.45) is 0 Å². The minimum absolute atomic E-state index is 0.106. The maximum atomic E-state index is 13.4. The van der Waals surface area contributed by atoms with Crippen LogP contribution < -0.4 is 4.74 Å². The SMILES string of the molecule is COc1cccc(-c2cc(C(=O)N3Cc4nn(-c5ccc(C)cc5)c(-n5cccc5)c4C3)[nH]n2)c1. The van der Waals surface area contributed by atoms with Crippen molar-refractivity contribution in [2.45, 2.75) is 20.0 Å². The number of hydrogen-bond donors (Lipinski definition) is 1. The van der Waals surface area contributed by atoms with Gasteiger partial charge in [0.1, 0.15) is 17.3 Å². The summed E-state index contributed by atoms with van der Waals surface area (Å²) in [5, 5.41) is 12.2. The van der Waals surface area contributed by atoms with Crippen molar-refractivity contribution in [3.63, 3.8) is 0 Å². The van der Waals surface area contributed by atoms with Crippen LogP contribution in [0.15, 0.2) is 79.1 Å². The predicted octanol–water partition coefficient (Wildman–Crippen LogP) is 4.53. The van der Waals surface area contributed by atoms with Crippen LogP contribution in [0.2, 0.25) is 0 Å². The normalized spacial score (nSPS) is 12.7. The van der Waals surface area contributed by atoms with E-state index in [4.69, 9.17) is 9.84 Å². The lowest BCUT2D eigenvalue weighted by atomic mass is 10.1. The highest BCUT2D eigenvalue weighted by molar-refractivity contribution is 5.93. The first-order valence-electron chi connectivity index (χ1n) is 11.4. The molecule has 1 aliphatic heterocycles. The number of fused-ring (bicyclic) bond motifs is 1. The third-order valence-electron chi connectivity index (χ3n) is 6.32. The number of amides is 1. The number of benzene rings is 2. The number of nitrogens with one attached hydrogen (secondary N) is 1. The second-order valence-electron chi connectivity index (χ2n) is 8.65. The lowest BCUT2D eigenvalue weighted by Crippen LogP contribution is -2.26. The van der Waals surface area contributed by atoms with Gasteiger partial charge in [0, 0.05) is 23.5 Å². The summed E-state index contributed by atoms with van der Waals surface area (Å²) in [6, 6.07) is 21.7. The molecule has 5 aromatic rings. The molecule has 4 heterocycles. The van der Waals surface area contributed by atoms with Crippen LogP contribution in [0, 0.1) is 6.92 Å². The second-order valence-corrected chi connectivity index (χ2v) is 8.65. The fourth-order valence-corrected chi connectivity index (χ4v) is 4.48. The Morgan fingerprint density at radius 2 is 1.80 bits per heavy atom. The third kappa shape index (κ3) is 3.69. The van der Waals surface area contributed by atoms with E-state index in [1.807, 2.05) is 53.5 Å². The standard InChI is InChI=1S/C27H24N6O2/c1-18-8-10-20(11-9-18)33-26(31-12-3-4-13-31)22-16-32(17-25(22)30-33)27(34)24-15-23(28-29-24)19-6-5-7-21(14-19)35-2/h3-15H,16-17H2,1-2H3,(H,28,29). The molecule has 35 heavy (non-hydrogen) atoms. The Hall–Kier alpha value is -4.59. The van der Waals surface area contributed by atoms with Crippen molar-refractivity contribution in [1.29, 1.82) is 0 Å². The molecule has 1 N–H and O–H groups in total. The molecule has 0 unspecified atom stereocenters. The smallest absolute Gasteiger partial charge is 0.272 e. The van der Waals surface area contributed by atoms with Gasteiger partial charge in [0.05, 0.1) is 37.3 Å². The first-order valence-corrected chi connectivity index (χ1v) is 11.4. The molecule has 0 aliphatic carbocycles. The van der Waals surface area contributed by atoms with Gasteiger partial charge in [-0.2, -0.15) is 10.2 Å². The van der Waals surface area contributed by atoms with E-state index >= 15 is 0 Å². The van der Waals surface area contributed by atoms with Crippen LogP contribution in [0.25, 0.3) is 22.8 Å². The largest absolute Gasteiger partial charge is 0.497 e. The molecule has 8 heteroatoms. The van der Waals surface area contributed by atoms with Crippen molar-refractivity contribution >= 4 is 5.91 Å². The third-order valence-corrected chi connectivity index (χ3v) is 6.32. The van der Waals surface area contributed by atoms with Gasteiger partial charge in [-0.3, -0.25) is 9.89 Å². The number of aryl methyl sites for hydroxylation is 1. The number of aromatic nitrogens is 5. The van der Waals surface area contributed by atoms with Gasteiger partial charge in [-0.05, 0) is 49.4 Å². The van der Waals surface area contributed by atoms with Gasteiger partial charge in [-0.25, -0.2) is 4.68 Å². The Kier molecular flexibility index (Phi) is 4.99. The van der Waals surface area contributed by atoms with Crippen LogP contribution >= 0.6 is 0 Å². The highest BCUT2D eigenvalue weighted by Crippen LogP contribution is 2.32. The summed E-state index contributed by atoms with van der Waals surface area (Å²) in [6.07, 6.45) is 4.00. The van der Waals surface area contributed by atoms with Crippen molar-refractivity contribution in [2.75, 3.05) is 7.11 Å². The highest BCUT2D eigenvalue weighted by Gasteiger charge is 2.32. The maximum absolute atomic E-state index is 13.4. The Morgan fingerprint density at radius 1 is 1.00 bits per heavy atom. The zero-order chi connectivity index (χ0) is 23.9.